The van der Waals surface area contributed by atoms with Crippen molar-refractivity contribution in [1.29, 1.82) is 5.26 Å². The second-order valence-corrected chi connectivity index (χ2v) is 17.5. The lowest BCUT2D eigenvalue weighted by Crippen LogP contribution is -2.15. The number of nitrogens with zero attached hydrogens (tertiary/aromatic N) is 3. The highest BCUT2D eigenvalue weighted by Crippen LogP contribution is 2.49. The average molecular weight is 1070 g/mol. The Morgan fingerprint density at radius 2 is 0.671 bits per heavy atom. The van der Waals surface area contributed by atoms with Gasteiger partial charge in [-0.2, -0.15) is 84.3 Å². The van der Waals surface area contributed by atoms with E-state index in [1.54, 1.807) is 6.07 Å². The Morgan fingerprint density at radius 3 is 1.03 bits per heavy atom. The summed E-state index contributed by atoms with van der Waals surface area (Å²) < 4.78 is 261. The van der Waals surface area contributed by atoms with Crippen molar-refractivity contribution in [2.45, 2.75) is 37.1 Å². The summed E-state index contributed by atoms with van der Waals surface area (Å²) in [5, 5.41) is 11.5. The smallest absolute Gasteiger partial charge is 0.307 e. The zero-order valence-electron chi connectivity index (χ0n) is 37.6. The van der Waals surface area contributed by atoms with E-state index >= 15 is 0 Å². The van der Waals surface area contributed by atoms with Gasteiger partial charge in [0.2, 0.25) is 0 Å². The van der Waals surface area contributed by atoms with Crippen molar-refractivity contribution in [3.63, 3.8) is 0 Å². The minimum Gasteiger partial charge on any atom is -0.307 e. The van der Waals surface area contributed by atoms with Gasteiger partial charge in [-0.25, -0.2) is 0 Å². The molecule has 10 aromatic rings. The van der Waals surface area contributed by atoms with Gasteiger partial charge in [-0.05, 0) is 119 Å². The van der Waals surface area contributed by atoms with Crippen LogP contribution in [0, 0.1) is 11.3 Å². The number of para-hydroxylation sites is 2. The number of hydrogen-bond acceptors (Lipinski definition) is 1. The van der Waals surface area contributed by atoms with Gasteiger partial charge in [-0.3, -0.25) is 0 Å². The molecule has 0 saturated carbocycles. The van der Waals surface area contributed by atoms with Crippen LogP contribution >= 0.6 is 0 Å². The summed E-state index contributed by atoms with van der Waals surface area (Å²) in [6, 6.07) is 26.1. The molecule has 10 rings (SSSR count). The van der Waals surface area contributed by atoms with E-state index in [0.29, 0.717) is 42.5 Å². The van der Waals surface area contributed by atoms with Gasteiger partial charge in [-0.15, -0.1) is 0 Å². The summed E-state index contributed by atoms with van der Waals surface area (Å²) in [6.07, 6.45) is -31.8. The maximum Gasteiger partial charge on any atom is 0.417 e. The molecule has 76 heavy (non-hydrogen) atoms. The van der Waals surface area contributed by atoms with E-state index in [4.69, 9.17) is 0 Å². The molecule has 0 fully saturated rings. The Hall–Kier alpha value is -8.41. The largest absolute Gasteiger partial charge is 0.417 e. The van der Waals surface area contributed by atoms with Crippen molar-refractivity contribution >= 4 is 43.6 Å². The van der Waals surface area contributed by atoms with Crippen molar-refractivity contribution in [2.24, 2.45) is 0 Å². The molecule has 0 aliphatic carbocycles. The Kier molecular flexibility index (Phi) is 11.6. The molecule has 2 aromatic heterocycles. The SMILES string of the molecule is N#Cc1cc(-n2c3ccccc3c3cc(-c4cc(C(F)(F)F)cc(C(F)(F)F)c4)ccc32)c(-n2c3ccccc3c3cc(-c4cc(C(F)(F)F)cc(C(F)(F)F)c4)ccc32)cc1-c1c(C(F)(F)F)cccc1C(F)(F)F. The maximum absolute atomic E-state index is 15.0. The number of hydrogen-bond donors (Lipinski definition) is 0. The Balaban J connectivity index is 1.32. The van der Waals surface area contributed by atoms with Crippen LogP contribution in [0.4, 0.5) is 79.0 Å². The maximum atomic E-state index is 15.0. The molecule has 0 bridgehead atoms. The molecule has 0 amide bonds. The van der Waals surface area contributed by atoms with Gasteiger partial charge in [-0.1, -0.05) is 54.6 Å². The van der Waals surface area contributed by atoms with Crippen molar-refractivity contribution in [2.75, 3.05) is 0 Å². The molecule has 0 saturated heterocycles. The number of benzene rings is 8. The zero-order valence-corrected chi connectivity index (χ0v) is 37.6. The standard InChI is InChI=1S/C55H25F18N3/c56-50(57,58)32-16-29(17-33(23-32)51(59,60)61)27-12-14-45-39(20-27)36-6-1-3-10-43(36)75(45)47-22-31(26-74)38(49-41(54(68,69)70)8-5-9-42(49)55(71,72)73)25-48(47)76-44-11-4-2-7-37(44)40-21-28(13-15-46(40)76)30-18-34(52(62,63)64)24-35(19-30)53(65,66)67/h1-25H. The summed E-state index contributed by atoms with van der Waals surface area (Å²) in [7, 11) is 0. The van der Waals surface area contributed by atoms with Crippen molar-refractivity contribution in [1.82, 2.24) is 9.13 Å². The lowest BCUT2D eigenvalue weighted by atomic mass is 9.89. The molecule has 0 aliphatic heterocycles. The molecule has 0 unspecified atom stereocenters. The molecule has 21 heteroatoms. The van der Waals surface area contributed by atoms with E-state index in [9.17, 15) is 84.3 Å². The third kappa shape index (κ3) is 8.88. The summed E-state index contributed by atoms with van der Waals surface area (Å²) in [6.45, 7) is 0. The lowest BCUT2D eigenvalue weighted by Gasteiger charge is -2.23. The van der Waals surface area contributed by atoms with E-state index in [1.165, 1.54) is 88.0 Å². The van der Waals surface area contributed by atoms with E-state index in [-0.39, 0.29) is 78.2 Å². The van der Waals surface area contributed by atoms with E-state index in [1.807, 2.05) is 0 Å². The minimum atomic E-state index is -5.47. The van der Waals surface area contributed by atoms with Crippen LogP contribution in [-0.4, -0.2) is 9.13 Å². The molecule has 0 N–H and O–H groups in total. The van der Waals surface area contributed by atoms with Crippen molar-refractivity contribution in [3.05, 3.63) is 191 Å². The predicted octanol–water partition coefficient (Wildman–Crippen LogP) is 18.9. The van der Waals surface area contributed by atoms with Crippen LogP contribution in [0.3, 0.4) is 0 Å². The van der Waals surface area contributed by atoms with Crippen molar-refractivity contribution in [3.8, 4) is 50.8 Å². The lowest BCUT2D eigenvalue weighted by molar-refractivity contribution is -0.144. The first-order chi connectivity index (χ1) is 35.4. The number of rotatable bonds is 5. The fourth-order valence-electron chi connectivity index (χ4n) is 9.62. The van der Waals surface area contributed by atoms with Crippen LogP contribution in [0.1, 0.15) is 38.9 Å². The highest BCUT2D eigenvalue weighted by atomic mass is 19.4. The van der Waals surface area contributed by atoms with Gasteiger partial charge < -0.3 is 9.13 Å². The summed E-state index contributed by atoms with van der Waals surface area (Å²) >= 11 is 0. The van der Waals surface area contributed by atoms with Crippen molar-refractivity contribution < 1.29 is 79.0 Å². The van der Waals surface area contributed by atoms with E-state index < -0.39 is 98.3 Å². The van der Waals surface area contributed by atoms with Gasteiger partial charge in [0.1, 0.15) is 0 Å². The molecule has 386 valence electrons. The van der Waals surface area contributed by atoms with Gasteiger partial charge >= 0.3 is 37.1 Å². The zero-order chi connectivity index (χ0) is 54.8. The average Bonchev–Trinajstić information content (AvgIpc) is 3.92. The fraction of sp³-hybridized carbons (Fsp3) is 0.109. The Morgan fingerprint density at radius 1 is 0.316 bits per heavy atom. The first kappa shape index (κ1) is 51.1. The third-order valence-corrected chi connectivity index (χ3v) is 12.8. The third-order valence-electron chi connectivity index (χ3n) is 12.8. The number of nitriles is 1. The van der Waals surface area contributed by atoms with E-state index in [0.717, 1.165) is 18.2 Å². The van der Waals surface area contributed by atoms with Crippen LogP contribution in [-0.2, 0) is 37.1 Å². The molecule has 0 radical (unpaired) electrons. The van der Waals surface area contributed by atoms with Crippen LogP contribution in [0.25, 0.3) is 88.4 Å². The number of fused-ring (bicyclic) bond motifs is 6. The number of alkyl halides is 18. The highest BCUT2D eigenvalue weighted by Gasteiger charge is 2.43. The topological polar surface area (TPSA) is 33.6 Å². The Bertz CT molecular complexity index is 3940. The molecule has 2 heterocycles. The molecular formula is C55H25F18N3. The number of aromatic nitrogens is 2. The minimum absolute atomic E-state index is 0.0399. The van der Waals surface area contributed by atoms with Crippen LogP contribution < -0.4 is 0 Å². The quantitative estimate of drug-likeness (QED) is 0.158. The molecule has 0 atom stereocenters. The molecule has 0 aliphatic rings. The highest BCUT2D eigenvalue weighted by molar-refractivity contribution is 6.13. The molecule has 0 spiro atoms. The first-order valence-electron chi connectivity index (χ1n) is 22.0. The normalized spacial score (nSPS) is 13.1. The second-order valence-electron chi connectivity index (χ2n) is 17.5. The van der Waals surface area contributed by atoms with E-state index in [2.05, 4.69) is 0 Å². The van der Waals surface area contributed by atoms with Gasteiger partial charge in [0.05, 0.1) is 78.5 Å². The molecule has 3 nitrogen and oxygen atoms in total. The van der Waals surface area contributed by atoms with Crippen LogP contribution in [0.2, 0.25) is 0 Å². The van der Waals surface area contributed by atoms with Gasteiger partial charge in [0.25, 0.3) is 0 Å². The number of halogens is 18. The Labute approximate surface area is 414 Å². The van der Waals surface area contributed by atoms with Crippen LogP contribution in [0.15, 0.2) is 152 Å². The summed E-state index contributed by atoms with van der Waals surface area (Å²) in [5.41, 5.74) is -14.5. The fourth-order valence-corrected chi connectivity index (χ4v) is 9.62. The predicted molar refractivity (Wildman–Crippen MR) is 246 cm³/mol. The monoisotopic (exact) mass is 1070 g/mol. The summed E-state index contributed by atoms with van der Waals surface area (Å²) in [5.74, 6) is 0. The van der Waals surface area contributed by atoms with Gasteiger partial charge in [0, 0.05) is 32.7 Å². The molecule has 8 aromatic carbocycles. The van der Waals surface area contributed by atoms with Crippen LogP contribution in [0.5, 0.6) is 0 Å². The second kappa shape index (κ2) is 17.3. The molecular weight excluding hydrogens is 1040 g/mol. The summed E-state index contributed by atoms with van der Waals surface area (Å²) in [4.78, 5) is 0. The first-order valence-corrected chi connectivity index (χ1v) is 22.0. The van der Waals surface area contributed by atoms with Gasteiger partial charge in [0.15, 0.2) is 0 Å².